The summed E-state index contributed by atoms with van der Waals surface area (Å²) in [4.78, 5) is 0. The lowest BCUT2D eigenvalue weighted by atomic mass is 9.64. The Bertz CT molecular complexity index is 4360. The summed E-state index contributed by atoms with van der Waals surface area (Å²) in [6.07, 6.45) is 0. The van der Waals surface area contributed by atoms with Crippen molar-refractivity contribution in [3.05, 3.63) is 239 Å². The van der Waals surface area contributed by atoms with Crippen LogP contribution < -0.4 is 0 Å². The predicted molar refractivity (Wildman–Crippen MR) is 325 cm³/mol. The molecule has 372 valence electrons. The van der Waals surface area contributed by atoms with Crippen LogP contribution in [-0.4, -0.2) is 9.13 Å². The average Bonchev–Trinajstić information content (AvgIpc) is 3.39. The molecular formula is C74H66N2. The molecule has 0 atom stereocenters. The molecule has 0 radical (unpaired) electrons. The maximum atomic E-state index is 9.79. The van der Waals surface area contributed by atoms with Crippen molar-refractivity contribution in [1.29, 1.82) is 0 Å². The molecule has 0 amide bonds. The zero-order chi connectivity index (χ0) is 53.3. The molecule has 2 aromatic heterocycles. The number of fused-ring (bicyclic) bond motifs is 16. The van der Waals surface area contributed by atoms with Crippen LogP contribution in [0.5, 0.6) is 0 Å². The summed E-state index contributed by atoms with van der Waals surface area (Å²) >= 11 is 0. The SMILES string of the molecule is [2H]C(C)(C)c1cc2c3c(c1)c1cc(C(C)(C)C)ccc1n3-c1cc(-n3c4ccc(C(C)(C)C)cc4c4cc(C(C)(C)C)ccc43)c(-c3ccc4cc(-c5ccccc5)ccc4c3)cc1C21c2ccccc2-c2ccccc21. The molecule has 1 spiro atoms. The van der Waals surface area contributed by atoms with Gasteiger partial charge in [0.1, 0.15) is 0 Å². The van der Waals surface area contributed by atoms with Gasteiger partial charge in [-0.25, -0.2) is 0 Å². The van der Waals surface area contributed by atoms with E-state index in [1.165, 1.54) is 127 Å². The lowest BCUT2D eigenvalue weighted by molar-refractivity contribution is 0.590. The lowest BCUT2D eigenvalue weighted by Crippen LogP contribution is -2.34. The van der Waals surface area contributed by atoms with Crippen molar-refractivity contribution in [1.82, 2.24) is 9.13 Å². The fraction of sp³-hybridized carbons (Fsp3) is 0.216. The van der Waals surface area contributed by atoms with Crippen LogP contribution in [-0.2, 0) is 21.7 Å². The van der Waals surface area contributed by atoms with Crippen LogP contribution in [0.25, 0.3) is 99.1 Å². The molecule has 1 aliphatic heterocycles. The van der Waals surface area contributed by atoms with E-state index in [-0.39, 0.29) is 16.2 Å². The van der Waals surface area contributed by atoms with E-state index in [4.69, 9.17) is 0 Å². The van der Waals surface area contributed by atoms with Crippen molar-refractivity contribution in [2.24, 2.45) is 0 Å². The molecular weight excluding hydrogens is 917 g/mol. The van der Waals surface area contributed by atoms with Gasteiger partial charge < -0.3 is 9.13 Å². The Balaban J connectivity index is 1.19. The third-order valence-corrected chi connectivity index (χ3v) is 17.4. The lowest BCUT2D eigenvalue weighted by Gasteiger charge is -2.41. The van der Waals surface area contributed by atoms with Gasteiger partial charge >= 0.3 is 0 Å². The monoisotopic (exact) mass is 984 g/mol. The molecule has 2 heteroatoms. The van der Waals surface area contributed by atoms with Crippen LogP contribution in [0.4, 0.5) is 0 Å². The van der Waals surface area contributed by atoms with Gasteiger partial charge in [-0.1, -0.05) is 204 Å². The van der Waals surface area contributed by atoms with E-state index in [1.54, 1.807) is 0 Å². The van der Waals surface area contributed by atoms with Gasteiger partial charge in [-0.05, 0) is 172 Å². The second-order valence-electron chi connectivity index (χ2n) is 25.4. The molecule has 0 saturated heterocycles. The first-order valence-electron chi connectivity index (χ1n) is 27.9. The maximum Gasteiger partial charge on any atom is 0.0754 e. The van der Waals surface area contributed by atoms with Gasteiger partial charge in [0.15, 0.2) is 0 Å². The van der Waals surface area contributed by atoms with Crippen LogP contribution in [0.2, 0.25) is 0 Å². The van der Waals surface area contributed by atoms with E-state index in [1.807, 2.05) is 13.8 Å². The highest BCUT2D eigenvalue weighted by Gasteiger charge is 2.51. The second-order valence-corrected chi connectivity index (χ2v) is 25.4. The fourth-order valence-electron chi connectivity index (χ4n) is 13.3. The van der Waals surface area contributed by atoms with E-state index in [0.29, 0.717) is 0 Å². The van der Waals surface area contributed by atoms with Crippen LogP contribution >= 0.6 is 0 Å². The molecule has 0 fully saturated rings. The van der Waals surface area contributed by atoms with Gasteiger partial charge in [0.25, 0.3) is 0 Å². The topological polar surface area (TPSA) is 9.86 Å². The molecule has 0 unspecified atom stereocenters. The third kappa shape index (κ3) is 6.65. The number of benzene rings is 10. The Morgan fingerprint density at radius 3 is 1.39 bits per heavy atom. The summed E-state index contributed by atoms with van der Waals surface area (Å²) < 4.78 is 15.0. The first kappa shape index (κ1) is 45.5. The first-order valence-corrected chi connectivity index (χ1v) is 27.4. The summed E-state index contributed by atoms with van der Waals surface area (Å²) in [6, 6.07) is 74.6. The van der Waals surface area contributed by atoms with E-state index in [0.717, 1.165) is 16.8 Å². The quantitative estimate of drug-likeness (QED) is 0.166. The predicted octanol–water partition coefficient (Wildman–Crippen LogP) is 20.1. The number of aromatic nitrogens is 2. The minimum absolute atomic E-state index is 0.0367. The Morgan fingerprint density at radius 1 is 0.368 bits per heavy atom. The van der Waals surface area contributed by atoms with Crippen molar-refractivity contribution in [2.45, 2.75) is 104 Å². The molecule has 76 heavy (non-hydrogen) atoms. The Morgan fingerprint density at radius 2 is 0.855 bits per heavy atom. The van der Waals surface area contributed by atoms with Gasteiger partial charge in [-0.15, -0.1) is 0 Å². The highest BCUT2D eigenvalue weighted by atomic mass is 15.0. The molecule has 10 aromatic carbocycles. The van der Waals surface area contributed by atoms with Crippen molar-refractivity contribution >= 4 is 54.4 Å². The number of nitrogens with zero attached hydrogens (tertiary/aromatic N) is 2. The largest absolute Gasteiger partial charge is 0.309 e. The minimum atomic E-state index is -0.864. The molecule has 1 aliphatic carbocycles. The van der Waals surface area contributed by atoms with E-state index in [9.17, 15) is 1.37 Å². The van der Waals surface area contributed by atoms with Crippen LogP contribution in [0, 0.1) is 0 Å². The molecule has 0 bridgehead atoms. The van der Waals surface area contributed by atoms with E-state index >= 15 is 0 Å². The van der Waals surface area contributed by atoms with Gasteiger partial charge in [0.05, 0.1) is 38.9 Å². The summed E-state index contributed by atoms with van der Waals surface area (Å²) in [5, 5.41) is 7.36. The minimum Gasteiger partial charge on any atom is -0.309 e. The van der Waals surface area contributed by atoms with Crippen molar-refractivity contribution in [2.75, 3.05) is 0 Å². The van der Waals surface area contributed by atoms with Gasteiger partial charge in [-0.2, -0.15) is 0 Å². The number of rotatable bonds is 4. The first-order chi connectivity index (χ1) is 36.7. The highest BCUT2D eigenvalue weighted by molar-refractivity contribution is 6.15. The van der Waals surface area contributed by atoms with Crippen molar-refractivity contribution in [3.63, 3.8) is 0 Å². The average molecular weight is 984 g/mol. The summed E-state index contributed by atoms with van der Waals surface area (Å²) in [5.41, 5.74) is 23.5. The van der Waals surface area contributed by atoms with E-state index in [2.05, 4.69) is 266 Å². The zero-order valence-corrected chi connectivity index (χ0v) is 45.9. The van der Waals surface area contributed by atoms with Crippen molar-refractivity contribution in [3.8, 4) is 44.8 Å². The molecule has 0 saturated carbocycles. The Kier molecular flexibility index (Phi) is 9.59. The molecule has 2 nitrogen and oxygen atoms in total. The molecule has 12 aromatic rings. The van der Waals surface area contributed by atoms with Crippen LogP contribution in [0.1, 0.15) is 128 Å². The third-order valence-electron chi connectivity index (χ3n) is 17.4. The summed E-state index contributed by atoms with van der Waals surface area (Å²) in [5.74, 6) is -0.864. The van der Waals surface area contributed by atoms with Gasteiger partial charge in [-0.3, -0.25) is 0 Å². The molecule has 3 heterocycles. The number of hydrogen-bond acceptors (Lipinski definition) is 0. The number of hydrogen-bond donors (Lipinski definition) is 0. The molecule has 0 N–H and O–H groups in total. The standard InChI is InChI=1S/C74H66N2/c1-44(2)50-37-60-59-41-53(73(9,10)11)31-34-67(59)76-69-43-68(75-65-32-29-51(71(3,4)5)39-57(65)58-40-52(72(6,7)8)30-33-66(58)75)56(49-28-27-47-35-46(25-26-48(47)36-49)45-19-13-12-14-20-45)42-63(69)74(64(38-50)70(60)76)61-23-17-15-21-54(61)55-22-16-18-24-62(55)74/h12-44H,1-11H3/i44D. The second kappa shape index (κ2) is 16.0. The smallest absolute Gasteiger partial charge is 0.0754 e. The highest BCUT2D eigenvalue weighted by Crippen LogP contribution is 2.62. The Hall–Kier alpha value is -7.94. The van der Waals surface area contributed by atoms with Crippen LogP contribution in [0.3, 0.4) is 0 Å². The molecule has 14 rings (SSSR count). The Labute approximate surface area is 449 Å². The van der Waals surface area contributed by atoms with Gasteiger partial charge in [0, 0.05) is 28.5 Å². The summed E-state index contributed by atoms with van der Waals surface area (Å²) in [6.45, 7) is 25.0. The van der Waals surface area contributed by atoms with Gasteiger partial charge in [0.2, 0.25) is 0 Å². The zero-order valence-electron chi connectivity index (χ0n) is 46.9. The fourth-order valence-corrected chi connectivity index (χ4v) is 13.3. The van der Waals surface area contributed by atoms with Crippen LogP contribution in [0.15, 0.2) is 194 Å². The summed E-state index contributed by atoms with van der Waals surface area (Å²) in [7, 11) is 0. The van der Waals surface area contributed by atoms with E-state index < -0.39 is 11.3 Å². The van der Waals surface area contributed by atoms with Crippen molar-refractivity contribution < 1.29 is 1.37 Å². The molecule has 2 aliphatic rings. The maximum absolute atomic E-state index is 9.79. The normalized spacial score (nSPS) is 14.3.